The van der Waals surface area contributed by atoms with Gasteiger partial charge < -0.3 is 15.8 Å². The summed E-state index contributed by atoms with van der Waals surface area (Å²) in [5.41, 5.74) is 6.21. The summed E-state index contributed by atoms with van der Waals surface area (Å²) in [6.45, 7) is 0. The number of carbonyl (C=O) groups excluding carboxylic acids is 1. The predicted molar refractivity (Wildman–Crippen MR) is 82.7 cm³/mol. The van der Waals surface area contributed by atoms with E-state index in [1.165, 1.54) is 12.1 Å². The van der Waals surface area contributed by atoms with E-state index in [2.05, 4.69) is 21.2 Å². The third-order valence-electron chi connectivity index (χ3n) is 2.96. The molecule has 2 rings (SSSR count). The van der Waals surface area contributed by atoms with Crippen LogP contribution in [0.3, 0.4) is 0 Å². The Hall–Kier alpha value is -2.08. The summed E-state index contributed by atoms with van der Waals surface area (Å²) in [7, 11) is 1.56. The third-order valence-corrected chi connectivity index (χ3v) is 3.45. The molecule has 0 heterocycles. The van der Waals surface area contributed by atoms with Gasteiger partial charge in [0.25, 0.3) is 0 Å². The minimum Gasteiger partial charge on any atom is -0.497 e. The second-order valence-corrected chi connectivity index (χ2v) is 5.29. The van der Waals surface area contributed by atoms with Crippen LogP contribution in [-0.4, -0.2) is 13.0 Å². The number of hydrogen-bond donors (Lipinski definition) is 2. The monoisotopic (exact) mass is 352 g/mol. The lowest BCUT2D eigenvalue weighted by Crippen LogP contribution is -2.28. The standard InChI is InChI=1S/C15H14BrFN2O2/c1-21-11-5-3-10(4-6-11)19-14(15(18)20)12-7-2-9(16)8-13(12)17/h2-8,14,19H,1H3,(H2,18,20). The van der Waals surface area contributed by atoms with Gasteiger partial charge in [-0.1, -0.05) is 22.0 Å². The van der Waals surface area contributed by atoms with Crippen LogP contribution in [0.1, 0.15) is 11.6 Å². The molecule has 2 aromatic carbocycles. The molecule has 0 saturated carbocycles. The quantitative estimate of drug-likeness (QED) is 0.868. The van der Waals surface area contributed by atoms with Crippen molar-refractivity contribution < 1.29 is 13.9 Å². The first kappa shape index (κ1) is 15.3. The van der Waals surface area contributed by atoms with E-state index in [1.54, 1.807) is 37.4 Å². The molecule has 6 heteroatoms. The zero-order valence-corrected chi connectivity index (χ0v) is 12.9. The molecule has 0 aliphatic carbocycles. The molecule has 0 aliphatic heterocycles. The molecular weight excluding hydrogens is 339 g/mol. The minimum atomic E-state index is -0.952. The molecule has 0 bridgehead atoms. The number of nitrogens with two attached hydrogens (primary N) is 1. The van der Waals surface area contributed by atoms with Crippen LogP contribution in [0.25, 0.3) is 0 Å². The van der Waals surface area contributed by atoms with Crippen LogP contribution >= 0.6 is 15.9 Å². The number of benzene rings is 2. The summed E-state index contributed by atoms with van der Waals surface area (Å²) >= 11 is 3.17. The second-order valence-electron chi connectivity index (χ2n) is 4.37. The number of hydrogen-bond acceptors (Lipinski definition) is 3. The van der Waals surface area contributed by atoms with Crippen molar-refractivity contribution in [3.05, 3.63) is 58.3 Å². The molecule has 0 aromatic heterocycles. The molecule has 2 aromatic rings. The van der Waals surface area contributed by atoms with Gasteiger partial charge in [-0.15, -0.1) is 0 Å². The van der Waals surface area contributed by atoms with Crippen LogP contribution in [0, 0.1) is 5.82 Å². The molecule has 0 spiro atoms. The van der Waals surface area contributed by atoms with E-state index >= 15 is 0 Å². The molecule has 0 saturated heterocycles. The SMILES string of the molecule is COc1ccc(NC(C(N)=O)c2ccc(Br)cc2F)cc1. The molecule has 21 heavy (non-hydrogen) atoms. The summed E-state index contributed by atoms with van der Waals surface area (Å²) in [5.74, 6) is -0.479. The van der Waals surface area contributed by atoms with Crippen molar-refractivity contribution in [2.24, 2.45) is 5.73 Å². The van der Waals surface area contributed by atoms with E-state index < -0.39 is 17.8 Å². The van der Waals surface area contributed by atoms with Gasteiger partial charge in [0.2, 0.25) is 5.91 Å². The van der Waals surface area contributed by atoms with E-state index in [0.29, 0.717) is 15.9 Å². The fourth-order valence-corrected chi connectivity index (χ4v) is 2.22. The lowest BCUT2D eigenvalue weighted by molar-refractivity contribution is -0.118. The Bertz CT molecular complexity index is 647. The molecule has 1 unspecified atom stereocenters. The third kappa shape index (κ3) is 3.72. The highest BCUT2D eigenvalue weighted by Crippen LogP contribution is 2.25. The smallest absolute Gasteiger partial charge is 0.244 e. The summed E-state index contributed by atoms with van der Waals surface area (Å²) in [6, 6.07) is 10.4. The molecular formula is C15H14BrFN2O2. The predicted octanol–water partition coefficient (Wildman–Crippen LogP) is 3.24. The van der Waals surface area contributed by atoms with Crippen LogP contribution in [0.5, 0.6) is 5.75 Å². The van der Waals surface area contributed by atoms with Crippen LogP contribution in [-0.2, 0) is 4.79 Å². The first-order chi connectivity index (χ1) is 10.0. The lowest BCUT2D eigenvalue weighted by Gasteiger charge is -2.18. The Morgan fingerprint density at radius 2 is 1.95 bits per heavy atom. The number of primary amides is 1. The first-order valence-electron chi connectivity index (χ1n) is 6.16. The van der Waals surface area contributed by atoms with Gasteiger partial charge in [0.05, 0.1) is 7.11 Å². The van der Waals surface area contributed by atoms with Gasteiger partial charge in [0.15, 0.2) is 0 Å². The summed E-state index contributed by atoms with van der Waals surface area (Å²) in [5, 5.41) is 2.92. The van der Waals surface area contributed by atoms with E-state index in [9.17, 15) is 9.18 Å². The van der Waals surface area contributed by atoms with Crippen molar-refractivity contribution in [3.8, 4) is 5.75 Å². The number of rotatable bonds is 5. The zero-order valence-electron chi connectivity index (χ0n) is 11.3. The van der Waals surface area contributed by atoms with Crippen molar-refractivity contribution in [2.45, 2.75) is 6.04 Å². The summed E-state index contributed by atoms with van der Waals surface area (Å²) < 4.78 is 19.6. The average molecular weight is 353 g/mol. The Morgan fingerprint density at radius 1 is 1.29 bits per heavy atom. The maximum atomic E-state index is 14.0. The maximum absolute atomic E-state index is 14.0. The van der Waals surface area contributed by atoms with Crippen molar-refractivity contribution >= 4 is 27.5 Å². The molecule has 0 fully saturated rings. The summed E-state index contributed by atoms with van der Waals surface area (Å²) in [6.07, 6.45) is 0. The van der Waals surface area contributed by atoms with Gasteiger partial charge in [-0.2, -0.15) is 0 Å². The van der Waals surface area contributed by atoms with Crippen molar-refractivity contribution in [1.29, 1.82) is 0 Å². The second kappa shape index (κ2) is 6.58. The molecule has 1 atom stereocenters. The highest BCUT2D eigenvalue weighted by Gasteiger charge is 2.21. The van der Waals surface area contributed by atoms with Gasteiger partial charge in [-0.3, -0.25) is 4.79 Å². The number of methoxy groups -OCH3 is 1. The van der Waals surface area contributed by atoms with Crippen molar-refractivity contribution in [1.82, 2.24) is 0 Å². The highest BCUT2D eigenvalue weighted by atomic mass is 79.9. The largest absolute Gasteiger partial charge is 0.497 e. The van der Waals surface area contributed by atoms with E-state index in [1.807, 2.05) is 0 Å². The Morgan fingerprint density at radius 3 is 2.48 bits per heavy atom. The fourth-order valence-electron chi connectivity index (χ4n) is 1.89. The van der Waals surface area contributed by atoms with Crippen LogP contribution < -0.4 is 15.8 Å². The van der Waals surface area contributed by atoms with Gasteiger partial charge in [-0.25, -0.2) is 4.39 Å². The van der Waals surface area contributed by atoms with Crippen LogP contribution in [0.15, 0.2) is 46.9 Å². The summed E-state index contributed by atoms with van der Waals surface area (Å²) in [4.78, 5) is 11.6. The highest BCUT2D eigenvalue weighted by molar-refractivity contribution is 9.10. The fraction of sp³-hybridized carbons (Fsp3) is 0.133. The minimum absolute atomic E-state index is 0.196. The number of ether oxygens (including phenoxy) is 1. The van der Waals surface area contributed by atoms with Crippen molar-refractivity contribution in [3.63, 3.8) is 0 Å². The van der Waals surface area contributed by atoms with Crippen LogP contribution in [0.4, 0.5) is 10.1 Å². The average Bonchev–Trinajstić information content (AvgIpc) is 2.46. The van der Waals surface area contributed by atoms with E-state index in [4.69, 9.17) is 10.5 Å². The molecule has 1 amide bonds. The molecule has 110 valence electrons. The maximum Gasteiger partial charge on any atom is 0.244 e. The topological polar surface area (TPSA) is 64.3 Å². The number of anilines is 1. The molecule has 4 nitrogen and oxygen atoms in total. The Balaban J connectivity index is 2.28. The normalized spacial score (nSPS) is 11.8. The zero-order chi connectivity index (χ0) is 15.4. The van der Waals surface area contributed by atoms with Crippen LogP contribution in [0.2, 0.25) is 0 Å². The van der Waals surface area contributed by atoms with Gasteiger partial charge in [0.1, 0.15) is 17.6 Å². The number of halogens is 2. The first-order valence-corrected chi connectivity index (χ1v) is 6.95. The number of amides is 1. The number of carbonyl (C=O) groups is 1. The van der Waals surface area contributed by atoms with Gasteiger partial charge in [0, 0.05) is 15.7 Å². The molecule has 0 radical (unpaired) electrons. The molecule has 3 N–H and O–H groups in total. The van der Waals surface area contributed by atoms with Gasteiger partial charge >= 0.3 is 0 Å². The Kier molecular flexibility index (Phi) is 4.80. The van der Waals surface area contributed by atoms with E-state index in [-0.39, 0.29) is 5.56 Å². The number of nitrogens with one attached hydrogen (secondary N) is 1. The molecule has 0 aliphatic rings. The van der Waals surface area contributed by atoms with Gasteiger partial charge in [-0.05, 0) is 36.4 Å². The Labute approximate surface area is 130 Å². The van der Waals surface area contributed by atoms with Crippen molar-refractivity contribution in [2.75, 3.05) is 12.4 Å². The lowest BCUT2D eigenvalue weighted by atomic mass is 10.1. The van der Waals surface area contributed by atoms with E-state index in [0.717, 1.165) is 0 Å².